The molecule has 0 rings (SSSR count). The molecular weight excluding hydrogens is 1010 g/mol. The molecule has 1 unspecified atom stereocenters. The summed E-state index contributed by atoms with van der Waals surface area (Å²) in [6.45, 7) is 6.69. The number of esters is 3. The molecule has 0 aromatic heterocycles. The van der Waals surface area contributed by atoms with Crippen LogP contribution in [0.3, 0.4) is 0 Å². The molecular formula is C76H146O6. The molecule has 0 aromatic carbocycles. The first-order chi connectivity index (χ1) is 40.5. The predicted octanol–water partition coefficient (Wildman–Crippen LogP) is 26.0. The predicted molar refractivity (Wildman–Crippen MR) is 358 cm³/mol. The fourth-order valence-electron chi connectivity index (χ4n) is 11.8. The Kier molecular flexibility index (Phi) is 70.0. The van der Waals surface area contributed by atoms with Gasteiger partial charge < -0.3 is 14.2 Å². The van der Waals surface area contributed by atoms with Crippen molar-refractivity contribution < 1.29 is 28.6 Å². The zero-order valence-electron chi connectivity index (χ0n) is 56.1. The van der Waals surface area contributed by atoms with E-state index in [0.29, 0.717) is 19.3 Å². The Labute approximate surface area is 513 Å². The molecule has 0 aliphatic heterocycles. The van der Waals surface area contributed by atoms with Crippen LogP contribution in [0.1, 0.15) is 438 Å². The number of carbonyl (C=O) groups is 3. The lowest BCUT2D eigenvalue weighted by atomic mass is 10.0. The Balaban J connectivity index is 4.02. The van der Waals surface area contributed by atoms with Crippen LogP contribution in [0.5, 0.6) is 0 Å². The van der Waals surface area contributed by atoms with Crippen LogP contribution in [0.15, 0.2) is 12.2 Å². The summed E-state index contributed by atoms with van der Waals surface area (Å²) in [5, 5.41) is 0. The highest BCUT2D eigenvalue weighted by molar-refractivity contribution is 5.71. The summed E-state index contributed by atoms with van der Waals surface area (Å²) < 4.78 is 17.0. The quantitative estimate of drug-likeness (QED) is 0.0261. The van der Waals surface area contributed by atoms with Gasteiger partial charge in [0.05, 0.1) is 0 Å². The molecule has 0 amide bonds. The molecule has 0 radical (unpaired) electrons. The summed E-state index contributed by atoms with van der Waals surface area (Å²) in [4.78, 5) is 38.4. The van der Waals surface area contributed by atoms with E-state index in [9.17, 15) is 14.4 Å². The van der Waals surface area contributed by atoms with Crippen molar-refractivity contribution in [1.29, 1.82) is 0 Å². The van der Waals surface area contributed by atoms with Crippen molar-refractivity contribution in [3.8, 4) is 0 Å². The Hall–Kier alpha value is -1.85. The lowest BCUT2D eigenvalue weighted by Gasteiger charge is -2.18. The molecule has 0 aliphatic rings. The van der Waals surface area contributed by atoms with E-state index >= 15 is 0 Å². The van der Waals surface area contributed by atoms with E-state index in [0.717, 1.165) is 64.2 Å². The van der Waals surface area contributed by atoms with Crippen LogP contribution in [0, 0.1) is 0 Å². The van der Waals surface area contributed by atoms with Crippen molar-refractivity contribution in [2.24, 2.45) is 0 Å². The van der Waals surface area contributed by atoms with E-state index in [-0.39, 0.29) is 31.1 Å². The summed E-state index contributed by atoms with van der Waals surface area (Å²) in [7, 11) is 0. The van der Waals surface area contributed by atoms with Crippen LogP contribution in [0.4, 0.5) is 0 Å². The minimum atomic E-state index is -0.769. The maximum Gasteiger partial charge on any atom is 0.306 e. The van der Waals surface area contributed by atoms with Crippen LogP contribution >= 0.6 is 0 Å². The van der Waals surface area contributed by atoms with E-state index in [1.54, 1.807) is 0 Å². The summed E-state index contributed by atoms with van der Waals surface area (Å²) in [6.07, 6.45) is 87.2. The number of rotatable bonds is 71. The molecule has 0 fully saturated rings. The Morgan fingerprint density at radius 2 is 0.415 bits per heavy atom. The lowest BCUT2D eigenvalue weighted by molar-refractivity contribution is -0.167. The highest BCUT2D eigenvalue weighted by Crippen LogP contribution is 2.20. The van der Waals surface area contributed by atoms with Gasteiger partial charge in [0, 0.05) is 19.3 Å². The second-order valence-corrected chi connectivity index (χ2v) is 25.9. The molecule has 82 heavy (non-hydrogen) atoms. The number of hydrogen-bond acceptors (Lipinski definition) is 6. The number of unbranched alkanes of at least 4 members (excludes halogenated alkanes) is 58. The van der Waals surface area contributed by atoms with Gasteiger partial charge in [0.1, 0.15) is 13.2 Å². The third-order valence-electron chi connectivity index (χ3n) is 17.5. The summed E-state index contributed by atoms with van der Waals surface area (Å²) in [6, 6.07) is 0. The average Bonchev–Trinajstić information content (AvgIpc) is 3.48. The molecule has 0 bridgehead atoms. The van der Waals surface area contributed by atoms with E-state index in [1.807, 2.05) is 0 Å². The van der Waals surface area contributed by atoms with Gasteiger partial charge >= 0.3 is 17.9 Å². The molecule has 1 atom stereocenters. The van der Waals surface area contributed by atoms with Gasteiger partial charge in [0.2, 0.25) is 0 Å². The van der Waals surface area contributed by atoms with E-state index in [2.05, 4.69) is 32.9 Å². The third-order valence-corrected chi connectivity index (χ3v) is 17.5. The normalized spacial score (nSPS) is 12.0. The summed E-state index contributed by atoms with van der Waals surface area (Å²) in [5.74, 6) is -0.842. The molecule has 0 aliphatic carbocycles. The van der Waals surface area contributed by atoms with E-state index in [1.165, 1.54) is 334 Å². The van der Waals surface area contributed by atoms with Crippen LogP contribution in [-0.4, -0.2) is 37.2 Å². The first-order valence-electron chi connectivity index (χ1n) is 37.7. The van der Waals surface area contributed by atoms with Crippen molar-refractivity contribution in [1.82, 2.24) is 0 Å². The van der Waals surface area contributed by atoms with Crippen LogP contribution in [0.2, 0.25) is 0 Å². The van der Waals surface area contributed by atoms with E-state index < -0.39 is 6.10 Å². The van der Waals surface area contributed by atoms with Crippen molar-refractivity contribution in [3.63, 3.8) is 0 Å². The second-order valence-electron chi connectivity index (χ2n) is 25.9. The lowest BCUT2D eigenvalue weighted by Crippen LogP contribution is -2.30. The Bertz CT molecular complexity index is 1280. The number of hydrogen-bond donors (Lipinski definition) is 0. The minimum Gasteiger partial charge on any atom is -0.462 e. The molecule has 6 nitrogen and oxygen atoms in total. The van der Waals surface area contributed by atoms with Gasteiger partial charge in [0.15, 0.2) is 6.10 Å². The van der Waals surface area contributed by atoms with Crippen molar-refractivity contribution >= 4 is 17.9 Å². The SMILES string of the molecule is CCCC/C=C\CCCCCCCC(=O)OCC(COC(=O)CCCCCCCCCCCCCCCCCCCCCCCCCCCCCCCCCCCC)OC(=O)CCCCCCCCCCCCCCCCCCCCC. The number of ether oxygens (including phenoxy) is 3. The standard InChI is InChI=1S/C76H146O6/c1-4-7-10-13-16-19-22-24-26-28-30-31-32-33-34-35-36-37-38-39-40-41-42-43-44-46-47-49-51-54-57-60-63-66-69-75(78)81-72-73(71-80-74(77)68-65-62-59-56-53-21-18-15-12-9-6-3)82-76(79)70-67-64-61-58-55-52-50-48-45-29-27-25-23-20-17-14-11-8-5-2/h15,18,73H,4-14,16-17,19-72H2,1-3H3/b18-15-. The first-order valence-corrected chi connectivity index (χ1v) is 37.7. The van der Waals surface area contributed by atoms with Crippen molar-refractivity contribution in [2.75, 3.05) is 13.2 Å². The zero-order chi connectivity index (χ0) is 59.2. The third kappa shape index (κ3) is 68.9. The second kappa shape index (κ2) is 71.6. The van der Waals surface area contributed by atoms with Crippen molar-refractivity contribution in [3.05, 3.63) is 12.2 Å². The van der Waals surface area contributed by atoms with Crippen LogP contribution < -0.4 is 0 Å². The fraction of sp³-hybridized carbons (Fsp3) is 0.934. The van der Waals surface area contributed by atoms with Gasteiger partial charge in [-0.1, -0.05) is 392 Å². The fourth-order valence-corrected chi connectivity index (χ4v) is 11.8. The Morgan fingerprint density at radius 1 is 0.232 bits per heavy atom. The Morgan fingerprint density at radius 3 is 0.646 bits per heavy atom. The highest BCUT2D eigenvalue weighted by atomic mass is 16.6. The molecule has 6 heteroatoms. The van der Waals surface area contributed by atoms with Gasteiger partial charge in [0.25, 0.3) is 0 Å². The van der Waals surface area contributed by atoms with Crippen molar-refractivity contribution in [2.45, 2.75) is 444 Å². The molecule has 0 saturated carbocycles. The number of carbonyl (C=O) groups excluding carboxylic acids is 3. The van der Waals surface area contributed by atoms with Gasteiger partial charge in [-0.2, -0.15) is 0 Å². The maximum atomic E-state index is 12.9. The van der Waals surface area contributed by atoms with Crippen LogP contribution in [-0.2, 0) is 28.6 Å². The molecule has 0 N–H and O–H groups in total. The minimum absolute atomic E-state index is 0.0659. The molecule has 0 spiro atoms. The molecule has 486 valence electrons. The average molecular weight is 1160 g/mol. The van der Waals surface area contributed by atoms with E-state index in [4.69, 9.17) is 14.2 Å². The van der Waals surface area contributed by atoms with Crippen LogP contribution in [0.25, 0.3) is 0 Å². The monoisotopic (exact) mass is 1160 g/mol. The zero-order valence-corrected chi connectivity index (χ0v) is 56.1. The molecule has 0 heterocycles. The van der Waals surface area contributed by atoms with Gasteiger partial charge in [-0.25, -0.2) is 0 Å². The van der Waals surface area contributed by atoms with Gasteiger partial charge in [-0.05, 0) is 38.5 Å². The maximum absolute atomic E-state index is 12.9. The highest BCUT2D eigenvalue weighted by Gasteiger charge is 2.20. The summed E-state index contributed by atoms with van der Waals surface area (Å²) >= 11 is 0. The first kappa shape index (κ1) is 80.2. The van der Waals surface area contributed by atoms with Gasteiger partial charge in [-0.3, -0.25) is 14.4 Å². The summed E-state index contributed by atoms with van der Waals surface area (Å²) in [5.41, 5.74) is 0. The smallest absolute Gasteiger partial charge is 0.306 e. The number of allylic oxidation sites excluding steroid dienone is 2. The molecule has 0 aromatic rings. The topological polar surface area (TPSA) is 78.9 Å². The van der Waals surface area contributed by atoms with Gasteiger partial charge in [-0.15, -0.1) is 0 Å². The molecule has 0 saturated heterocycles. The largest absolute Gasteiger partial charge is 0.462 e.